The molecule has 1 aromatic carbocycles. The van der Waals surface area contributed by atoms with Gasteiger partial charge in [0.1, 0.15) is 0 Å². The lowest BCUT2D eigenvalue weighted by Gasteiger charge is -2.09. The van der Waals surface area contributed by atoms with Gasteiger partial charge in [-0.3, -0.25) is 4.98 Å². The first-order chi connectivity index (χ1) is 10.2. The molecular weight excluding hydrogens is 258 g/mol. The number of hydrogen-bond donors (Lipinski definition) is 1. The monoisotopic (exact) mass is 279 g/mol. The third-order valence-corrected chi connectivity index (χ3v) is 4.21. The summed E-state index contributed by atoms with van der Waals surface area (Å²) < 4.78 is 2.28. The average molecular weight is 279 g/mol. The lowest BCUT2D eigenvalue weighted by molar-refractivity contribution is 0.644. The lowest BCUT2D eigenvalue weighted by atomic mass is 10.1. The van der Waals surface area contributed by atoms with Crippen molar-refractivity contribution in [2.45, 2.75) is 26.9 Å². The molecule has 3 heteroatoms. The number of nitrogens with one attached hydrogen (secondary N) is 1. The second-order valence-corrected chi connectivity index (χ2v) is 5.52. The average Bonchev–Trinajstić information content (AvgIpc) is 2.74. The van der Waals surface area contributed by atoms with E-state index in [0.717, 1.165) is 18.8 Å². The van der Waals surface area contributed by atoms with E-state index in [0.29, 0.717) is 0 Å². The van der Waals surface area contributed by atoms with Gasteiger partial charge >= 0.3 is 0 Å². The molecule has 108 valence electrons. The van der Waals surface area contributed by atoms with Gasteiger partial charge in [0.25, 0.3) is 0 Å². The van der Waals surface area contributed by atoms with Crippen molar-refractivity contribution in [1.29, 1.82) is 0 Å². The van der Waals surface area contributed by atoms with Crippen molar-refractivity contribution in [2.75, 3.05) is 0 Å². The second kappa shape index (κ2) is 5.70. The fraction of sp³-hybridized carbons (Fsp3) is 0.278. The molecule has 0 aliphatic carbocycles. The first-order valence-corrected chi connectivity index (χ1v) is 7.32. The number of rotatable bonds is 4. The van der Waals surface area contributed by atoms with Crippen molar-refractivity contribution in [2.24, 2.45) is 7.05 Å². The van der Waals surface area contributed by atoms with E-state index in [2.05, 4.69) is 66.1 Å². The van der Waals surface area contributed by atoms with E-state index in [1.54, 1.807) is 0 Å². The molecule has 0 fully saturated rings. The summed E-state index contributed by atoms with van der Waals surface area (Å²) in [6, 6.07) is 12.6. The number of fused-ring (bicyclic) bond motifs is 1. The van der Waals surface area contributed by atoms with Gasteiger partial charge in [0, 0.05) is 42.9 Å². The van der Waals surface area contributed by atoms with Gasteiger partial charge in [0.15, 0.2) is 0 Å². The van der Waals surface area contributed by atoms with Crippen LogP contribution in [0.5, 0.6) is 0 Å². The van der Waals surface area contributed by atoms with Crippen molar-refractivity contribution in [3.63, 3.8) is 0 Å². The highest BCUT2D eigenvalue weighted by molar-refractivity contribution is 5.85. The number of pyridine rings is 1. The minimum Gasteiger partial charge on any atom is -0.346 e. The molecule has 0 saturated heterocycles. The lowest BCUT2D eigenvalue weighted by Crippen LogP contribution is -2.17. The molecule has 0 amide bonds. The van der Waals surface area contributed by atoms with Gasteiger partial charge in [0.05, 0.1) is 5.69 Å². The standard InChI is InChI=1S/C18H21N3/c1-13-7-6-10-20-16(13)11-19-12-18-14(2)15-8-4-5-9-17(15)21(18)3/h4-10,19H,11-12H2,1-3H3. The highest BCUT2D eigenvalue weighted by Gasteiger charge is 2.10. The molecular formula is C18H21N3. The van der Waals surface area contributed by atoms with Gasteiger partial charge in [-0.05, 0) is 37.1 Å². The minimum absolute atomic E-state index is 0.799. The number of aryl methyl sites for hydroxylation is 3. The molecule has 0 aliphatic rings. The SMILES string of the molecule is Cc1cccnc1CNCc1c(C)c2ccccc2n1C. The molecule has 0 bridgehead atoms. The van der Waals surface area contributed by atoms with Gasteiger partial charge < -0.3 is 9.88 Å². The van der Waals surface area contributed by atoms with E-state index < -0.39 is 0 Å². The fourth-order valence-electron chi connectivity index (χ4n) is 2.89. The van der Waals surface area contributed by atoms with E-state index in [4.69, 9.17) is 0 Å². The molecule has 2 aromatic heterocycles. The Morgan fingerprint density at radius 1 is 1.05 bits per heavy atom. The zero-order valence-electron chi connectivity index (χ0n) is 12.9. The van der Waals surface area contributed by atoms with E-state index in [-0.39, 0.29) is 0 Å². The molecule has 3 nitrogen and oxygen atoms in total. The number of aromatic nitrogens is 2. The summed E-state index contributed by atoms with van der Waals surface area (Å²) in [5, 5.41) is 4.86. The molecule has 0 saturated carbocycles. The van der Waals surface area contributed by atoms with Crippen molar-refractivity contribution >= 4 is 10.9 Å². The van der Waals surface area contributed by atoms with Crippen LogP contribution in [0.2, 0.25) is 0 Å². The van der Waals surface area contributed by atoms with Crippen LogP contribution in [0.15, 0.2) is 42.6 Å². The van der Waals surface area contributed by atoms with Crippen LogP contribution >= 0.6 is 0 Å². The zero-order valence-corrected chi connectivity index (χ0v) is 12.9. The summed E-state index contributed by atoms with van der Waals surface area (Å²) >= 11 is 0. The normalized spacial score (nSPS) is 11.2. The topological polar surface area (TPSA) is 29.9 Å². The maximum atomic E-state index is 4.43. The molecule has 0 atom stereocenters. The van der Waals surface area contributed by atoms with Crippen LogP contribution < -0.4 is 5.32 Å². The smallest absolute Gasteiger partial charge is 0.0570 e. The van der Waals surface area contributed by atoms with E-state index >= 15 is 0 Å². The Hall–Kier alpha value is -2.13. The minimum atomic E-state index is 0.799. The molecule has 0 spiro atoms. The second-order valence-electron chi connectivity index (χ2n) is 5.52. The van der Waals surface area contributed by atoms with Crippen LogP contribution in [0, 0.1) is 13.8 Å². The van der Waals surface area contributed by atoms with Crippen LogP contribution in [0.1, 0.15) is 22.5 Å². The van der Waals surface area contributed by atoms with Crippen molar-refractivity contribution in [3.8, 4) is 0 Å². The number of benzene rings is 1. The molecule has 0 unspecified atom stereocenters. The van der Waals surface area contributed by atoms with Crippen molar-refractivity contribution < 1.29 is 0 Å². The molecule has 2 heterocycles. The van der Waals surface area contributed by atoms with E-state index in [9.17, 15) is 0 Å². The van der Waals surface area contributed by atoms with E-state index in [1.807, 2.05) is 12.3 Å². The Morgan fingerprint density at radius 2 is 1.86 bits per heavy atom. The highest BCUT2D eigenvalue weighted by atomic mass is 15.0. The van der Waals surface area contributed by atoms with Gasteiger partial charge in [-0.25, -0.2) is 0 Å². The first kappa shape index (κ1) is 13.8. The van der Waals surface area contributed by atoms with E-state index in [1.165, 1.54) is 27.7 Å². The van der Waals surface area contributed by atoms with Crippen LogP contribution in [-0.2, 0) is 20.1 Å². The number of para-hydroxylation sites is 1. The highest BCUT2D eigenvalue weighted by Crippen LogP contribution is 2.24. The summed E-state index contributed by atoms with van der Waals surface area (Å²) in [7, 11) is 2.14. The van der Waals surface area contributed by atoms with Gasteiger partial charge in [-0.1, -0.05) is 24.3 Å². The third-order valence-electron chi connectivity index (χ3n) is 4.21. The Morgan fingerprint density at radius 3 is 2.62 bits per heavy atom. The van der Waals surface area contributed by atoms with Gasteiger partial charge in [-0.15, -0.1) is 0 Å². The Labute approximate surface area is 125 Å². The first-order valence-electron chi connectivity index (χ1n) is 7.32. The molecule has 3 rings (SSSR count). The molecule has 0 aliphatic heterocycles. The Balaban J connectivity index is 1.78. The van der Waals surface area contributed by atoms with Crippen molar-refractivity contribution in [1.82, 2.24) is 14.9 Å². The third kappa shape index (κ3) is 2.57. The van der Waals surface area contributed by atoms with Crippen LogP contribution in [0.25, 0.3) is 10.9 Å². The van der Waals surface area contributed by atoms with Crippen LogP contribution in [0.4, 0.5) is 0 Å². The predicted octanol–water partition coefficient (Wildman–Crippen LogP) is 3.48. The van der Waals surface area contributed by atoms with Gasteiger partial charge in [-0.2, -0.15) is 0 Å². The fourth-order valence-corrected chi connectivity index (χ4v) is 2.89. The Kier molecular flexibility index (Phi) is 3.76. The summed E-state index contributed by atoms with van der Waals surface area (Å²) in [6.07, 6.45) is 1.85. The summed E-state index contributed by atoms with van der Waals surface area (Å²) in [5.74, 6) is 0. The summed E-state index contributed by atoms with van der Waals surface area (Å²) in [5.41, 5.74) is 6.34. The van der Waals surface area contributed by atoms with Crippen LogP contribution in [0.3, 0.4) is 0 Å². The number of hydrogen-bond acceptors (Lipinski definition) is 2. The van der Waals surface area contributed by atoms with Gasteiger partial charge in [0.2, 0.25) is 0 Å². The largest absolute Gasteiger partial charge is 0.346 e. The molecule has 1 N–H and O–H groups in total. The predicted molar refractivity (Wildman–Crippen MR) is 87.2 cm³/mol. The molecule has 0 radical (unpaired) electrons. The maximum absolute atomic E-state index is 4.43. The van der Waals surface area contributed by atoms with Crippen molar-refractivity contribution in [3.05, 3.63) is 65.1 Å². The maximum Gasteiger partial charge on any atom is 0.0570 e. The summed E-state index contributed by atoms with van der Waals surface area (Å²) in [6.45, 7) is 5.96. The Bertz CT molecular complexity index is 732. The molecule has 21 heavy (non-hydrogen) atoms. The molecule has 3 aromatic rings. The number of nitrogens with zero attached hydrogens (tertiary/aromatic N) is 2. The zero-order chi connectivity index (χ0) is 14.8. The van der Waals surface area contributed by atoms with Crippen LogP contribution in [-0.4, -0.2) is 9.55 Å². The quantitative estimate of drug-likeness (QED) is 0.792. The summed E-state index contributed by atoms with van der Waals surface area (Å²) in [4.78, 5) is 4.43.